The van der Waals surface area contributed by atoms with Crippen molar-refractivity contribution in [3.05, 3.63) is 47.5 Å². The first kappa shape index (κ1) is 13.7. The van der Waals surface area contributed by atoms with E-state index in [0.29, 0.717) is 16.4 Å². The Hall–Kier alpha value is -1.76. The molecule has 2 aromatic rings. The SMILES string of the molecule is Nc1ccc(S(N)(=O)=O)cc1Nc1ccc(Cl)cc1. The fourth-order valence-corrected chi connectivity index (χ4v) is 2.18. The van der Waals surface area contributed by atoms with E-state index in [1.807, 2.05) is 0 Å². The number of benzene rings is 2. The molecule has 2 aromatic carbocycles. The Balaban J connectivity index is 2.37. The van der Waals surface area contributed by atoms with E-state index in [9.17, 15) is 8.42 Å². The molecule has 0 aliphatic heterocycles. The molecule has 0 amide bonds. The molecule has 0 atom stereocenters. The minimum absolute atomic E-state index is 0.00170. The Bertz CT molecular complexity index is 699. The van der Waals surface area contributed by atoms with Gasteiger partial charge in [-0.1, -0.05) is 11.6 Å². The fourth-order valence-electron chi connectivity index (χ4n) is 1.51. The molecule has 0 unspecified atom stereocenters. The first-order valence-corrected chi connectivity index (χ1v) is 7.23. The van der Waals surface area contributed by atoms with Crippen LogP contribution in [0.15, 0.2) is 47.4 Å². The van der Waals surface area contributed by atoms with Crippen LogP contribution in [-0.2, 0) is 10.0 Å². The Labute approximate surface area is 116 Å². The summed E-state index contributed by atoms with van der Waals surface area (Å²) in [6, 6.07) is 11.2. The van der Waals surface area contributed by atoms with Gasteiger partial charge >= 0.3 is 0 Å². The second-order valence-corrected chi connectivity index (χ2v) is 5.92. The van der Waals surface area contributed by atoms with E-state index < -0.39 is 10.0 Å². The lowest BCUT2D eigenvalue weighted by molar-refractivity contribution is 0.598. The molecule has 0 aliphatic rings. The van der Waals surface area contributed by atoms with E-state index >= 15 is 0 Å². The minimum Gasteiger partial charge on any atom is -0.397 e. The second-order valence-electron chi connectivity index (χ2n) is 3.93. The summed E-state index contributed by atoms with van der Waals surface area (Å²) < 4.78 is 22.6. The normalized spacial score (nSPS) is 11.3. The average Bonchev–Trinajstić information content (AvgIpc) is 2.33. The van der Waals surface area contributed by atoms with E-state index in [1.54, 1.807) is 24.3 Å². The quantitative estimate of drug-likeness (QED) is 0.757. The van der Waals surface area contributed by atoms with Gasteiger partial charge in [-0.25, -0.2) is 13.6 Å². The van der Waals surface area contributed by atoms with Crippen molar-refractivity contribution in [3.63, 3.8) is 0 Å². The molecule has 5 nitrogen and oxygen atoms in total. The first-order valence-electron chi connectivity index (χ1n) is 5.31. The monoisotopic (exact) mass is 297 g/mol. The lowest BCUT2D eigenvalue weighted by atomic mass is 10.2. The van der Waals surface area contributed by atoms with E-state index in [0.717, 1.165) is 5.69 Å². The Morgan fingerprint density at radius 3 is 2.26 bits per heavy atom. The van der Waals surface area contributed by atoms with Crippen LogP contribution in [0.25, 0.3) is 0 Å². The standard InChI is InChI=1S/C12H12ClN3O2S/c13-8-1-3-9(4-2-8)16-12-7-10(19(15,17)18)5-6-11(12)14/h1-7,16H,14H2,(H2,15,17,18). The van der Waals surface area contributed by atoms with E-state index in [2.05, 4.69) is 5.32 Å². The maximum absolute atomic E-state index is 11.3. The van der Waals surface area contributed by atoms with Crippen LogP contribution in [-0.4, -0.2) is 8.42 Å². The van der Waals surface area contributed by atoms with Crippen molar-refractivity contribution in [1.29, 1.82) is 0 Å². The van der Waals surface area contributed by atoms with Crippen LogP contribution in [0.4, 0.5) is 17.1 Å². The van der Waals surface area contributed by atoms with Gasteiger partial charge in [0, 0.05) is 10.7 Å². The van der Waals surface area contributed by atoms with Crippen LogP contribution in [0, 0.1) is 0 Å². The third-order valence-corrected chi connectivity index (χ3v) is 3.64. The van der Waals surface area contributed by atoms with Crippen LogP contribution in [0.1, 0.15) is 0 Å². The van der Waals surface area contributed by atoms with Gasteiger partial charge in [0.2, 0.25) is 10.0 Å². The zero-order chi connectivity index (χ0) is 14.0. The molecule has 0 aromatic heterocycles. The molecule has 0 aliphatic carbocycles. The molecule has 0 heterocycles. The number of sulfonamides is 1. The highest BCUT2D eigenvalue weighted by atomic mass is 35.5. The molecule has 19 heavy (non-hydrogen) atoms. The second kappa shape index (κ2) is 5.08. The number of halogens is 1. The number of nitrogen functional groups attached to an aromatic ring is 1. The summed E-state index contributed by atoms with van der Waals surface area (Å²) in [4.78, 5) is -0.00170. The highest BCUT2D eigenvalue weighted by Crippen LogP contribution is 2.26. The molecule has 5 N–H and O–H groups in total. The average molecular weight is 298 g/mol. The molecule has 0 spiro atoms. The number of hydrogen-bond donors (Lipinski definition) is 3. The third kappa shape index (κ3) is 3.37. The van der Waals surface area contributed by atoms with Gasteiger partial charge in [-0.3, -0.25) is 0 Å². The Morgan fingerprint density at radius 2 is 1.68 bits per heavy atom. The van der Waals surface area contributed by atoms with Crippen LogP contribution in [0.3, 0.4) is 0 Å². The lowest BCUT2D eigenvalue weighted by Crippen LogP contribution is -2.12. The third-order valence-electron chi connectivity index (χ3n) is 2.48. The summed E-state index contributed by atoms with van der Waals surface area (Å²) in [6.07, 6.45) is 0. The van der Waals surface area contributed by atoms with Gasteiger partial charge in [-0.05, 0) is 42.5 Å². The Morgan fingerprint density at radius 1 is 1.05 bits per heavy atom. The molecular formula is C12H12ClN3O2S. The number of nitrogens with two attached hydrogens (primary N) is 2. The molecule has 0 saturated heterocycles. The maximum atomic E-state index is 11.3. The smallest absolute Gasteiger partial charge is 0.238 e. The summed E-state index contributed by atoms with van der Waals surface area (Å²) in [7, 11) is -3.76. The number of nitrogens with one attached hydrogen (secondary N) is 1. The zero-order valence-electron chi connectivity index (χ0n) is 9.80. The predicted molar refractivity (Wildman–Crippen MR) is 77.0 cm³/mol. The van der Waals surface area contributed by atoms with Gasteiger partial charge in [-0.15, -0.1) is 0 Å². The number of hydrogen-bond acceptors (Lipinski definition) is 4. The van der Waals surface area contributed by atoms with Crippen molar-refractivity contribution in [2.75, 3.05) is 11.1 Å². The molecule has 7 heteroatoms. The molecule has 100 valence electrons. The summed E-state index contributed by atoms with van der Waals surface area (Å²) in [6.45, 7) is 0. The van der Waals surface area contributed by atoms with Gasteiger partial charge in [-0.2, -0.15) is 0 Å². The minimum atomic E-state index is -3.76. The highest BCUT2D eigenvalue weighted by molar-refractivity contribution is 7.89. The van der Waals surface area contributed by atoms with Crippen LogP contribution in [0.5, 0.6) is 0 Å². The molecule has 0 fully saturated rings. The first-order chi connectivity index (χ1) is 8.86. The summed E-state index contributed by atoms with van der Waals surface area (Å²) >= 11 is 5.78. The highest BCUT2D eigenvalue weighted by Gasteiger charge is 2.10. The number of primary sulfonamides is 1. The maximum Gasteiger partial charge on any atom is 0.238 e. The van der Waals surface area contributed by atoms with E-state index in [1.165, 1.54) is 18.2 Å². The molecular weight excluding hydrogens is 286 g/mol. The summed E-state index contributed by atoms with van der Waals surface area (Å²) in [5, 5.41) is 8.69. The number of rotatable bonds is 3. The molecule has 0 bridgehead atoms. The van der Waals surface area contributed by atoms with Crippen LogP contribution in [0.2, 0.25) is 5.02 Å². The number of anilines is 3. The van der Waals surface area contributed by atoms with Gasteiger partial charge in [0.25, 0.3) is 0 Å². The summed E-state index contributed by atoms with van der Waals surface area (Å²) in [5.41, 5.74) is 7.41. The van der Waals surface area contributed by atoms with Gasteiger partial charge < -0.3 is 11.1 Å². The van der Waals surface area contributed by atoms with Crippen molar-refractivity contribution in [3.8, 4) is 0 Å². The predicted octanol–water partition coefficient (Wildman–Crippen LogP) is 2.31. The van der Waals surface area contributed by atoms with Gasteiger partial charge in [0.1, 0.15) is 0 Å². The van der Waals surface area contributed by atoms with Crippen LogP contribution < -0.4 is 16.2 Å². The van der Waals surface area contributed by atoms with Crippen molar-refractivity contribution in [2.45, 2.75) is 4.90 Å². The van der Waals surface area contributed by atoms with Crippen LogP contribution >= 0.6 is 11.6 Å². The largest absolute Gasteiger partial charge is 0.397 e. The van der Waals surface area contributed by atoms with Crippen molar-refractivity contribution in [1.82, 2.24) is 0 Å². The van der Waals surface area contributed by atoms with Crippen molar-refractivity contribution < 1.29 is 8.42 Å². The van der Waals surface area contributed by atoms with Gasteiger partial charge in [0.15, 0.2) is 0 Å². The lowest BCUT2D eigenvalue weighted by Gasteiger charge is -2.10. The molecule has 2 rings (SSSR count). The van der Waals surface area contributed by atoms with Crippen molar-refractivity contribution in [2.24, 2.45) is 5.14 Å². The van der Waals surface area contributed by atoms with E-state index in [4.69, 9.17) is 22.5 Å². The Kier molecular flexibility index (Phi) is 3.66. The van der Waals surface area contributed by atoms with E-state index in [-0.39, 0.29) is 4.90 Å². The fraction of sp³-hybridized carbons (Fsp3) is 0. The van der Waals surface area contributed by atoms with Gasteiger partial charge in [0.05, 0.1) is 16.3 Å². The zero-order valence-corrected chi connectivity index (χ0v) is 11.4. The topological polar surface area (TPSA) is 98.2 Å². The molecule has 0 radical (unpaired) electrons. The molecule has 0 saturated carbocycles. The summed E-state index contributed by atoms with van der Waals surface area (Å²) in [5.74, 6) is 0. The van der Waals surface area contributed by atoms with Crippen molar-refractivity contribution >= 4 is 38.7 Å².